The van der Waals surface area contributed by atoms with E-state index in [-0.39, 0.29) is 29.5 Å². The maximum absolute atomic E-state index is 12.5. The van der Waals surface area contributed by atoms with Crippen molar-refractivity contribution in [1.82, 2.24) is 15.2 Å². The van der Waals surface area contributed by atoms with Crippen molar-refractivity contribution >= 4 is 34.4 Å². The molecule has 0 saturated carbocycles. The molecule has 31 heavy (non-hydrogen) atoms. The zero-order valence-corrected chi connectivity index (χ0v) is 19.1. The number of nitrogens with zero attached hydrogens (tertiary/aromatic N) is 2. The third-order valence-corrected chi connectivity index (χ3v) is 6.39. The first kappa shape index (κ1) is 23.3. The molecular formula is C21H26ClN3O5S. The highest BCUT2D eigenvalue weighted by Gasteiger charge is 2.25. The van der Waals surface area contributed by atoms with Gasteiger partial charge in [-0.3, -0.25) is 9.00 Å². The van der Waals surface area contributed by atoms with Crippen LogP contribution in [0.3, 0.4) is 0 Å². The van der Waals surface area contributed by atoms with E-state index in [2.05, 4.69) is 10.3 Å². The fourth-order valence-electron chi connectivity index (χ4n) is 3.32. The van der Waals surface area contributed by atoms with E-state index in [0.717, 1.165) is 5.56 Å². The highest BCUT2D eigenvalue weighted by molar-refractivity contribution is 7.84. The first-order valence-electron chi connectivity index (χ1n) is 10.1. The number of hydrogen-bond acceptors (Lipinski definition) is 6. The predicted octanol–water partition coefficient (Wildman–Crippen LogP) is 3.29. The van der Waals surface area contributed by atoms with Crippen LogP contribution in [0.4, 0.5) is 4.79 Å². The van der Waals surface area contributed by atoms with Crippen LogP contribution in [0.2, 0.25) is 5.02 Å². The van der Waals surface area contributed by atoms with Crippen molar-refractivity contribution in [2.45, 2.75) is 38.5 Å². The molecular weight excluding hydrogens is 442 g/mol. The van der Waals surface area contributed by atoms with E-state index in [0.29, 0.717) is 54.9 Å². The number of ether oxygens (including phenoxy) is 1. The second-order valence-corrected chi connectivity index (χ2v) is 9.18. The van der Waals surface area contributed by atoms with Gasteiger partial charge in [-0.15, -0.1) is 0 Å². The van der Waals surface area contributed by atoms with Gasteiger partial charge in [0.05, 0.1) is 18.1 Å². The first-order chi connectivity index (χ1) is 14.9. The number of likely N-dealkylation sites (tertiary alicyclic amines) is 1. The minimum absolute atomic E-state index is 0.0412. The summed E-state index contributed by atoms with van der Waals surface area (Å²) >= 11 is 5.90. The smallest absolute Gasteiger partial charge is 0.409 e. The molecule has 1 atom stereocenters. The average molecular weight is 468 g/mol. The maximum atomic E-state index is 12.5. The zero-order valence-electron chi connectivity index (χ0n) is 17.6. The molecule has 10 heteroatoms. The Morgan fingerprint density at radius 3 is 2.61 bits per heavy atom. The summed E-state index contributed by atoms with van der Waals surface area (Å²) < 4.78 is 23.2. The third-order valence-electron chi connectivity index (χ3n) is 4.96. The number of rotatable bonds is 7. The molecule has 8 nitrogen and oxygen atoms in total. The van der Waals surface area contributed by atoms with Gasteiger partial charge in [-0.1, -0.05) is 11.6 Å². The topological polar surface area (TPSA) is 102 Å². The van der Waals surface area contributed by atoms with Crippen molar-refractivity contribution in [3.8, 4) is 11.5 Å². The lowest BCUT2D eigenvalue weighted by Crippen LogP contribution is -2.47. The Bertz CT molecular complexity index is 939. The van der Waals surface area contributed by atoms with Gasteiger partial charge in [0.15, 0.2) is 0 Å². The molecule has 1 fully saturated rings. The first-order valence-corrected chi connectivity index (χ1v) is 12.0. The van der Waals surface area contributed by atoms with E-state index >= 15 is 0 Å². The Morgan fingerprint density at radius 1 is 1.29 bits per heavy atom. The van der Waals surface area contributed by atoms with Crippen LogP contribution >= 0.6 is 11.6 Å². The lowest BCUT2D eigenvalue weighted by atomic mass is 10.1. The standard InChI is InChI=1S/C21H26ClN3O5S/c1-3-29-21(27)25-10-8-17(9-11-25)23-19(26)13-31(28)12-18-14(2)30-20(24-18)15-4-6-16(22)7-5-15/h4-7,17H,3,8-13H2,1-2H3,(H,23,26)/t31-/m0/s1. The van der Waals surface area contributed by atoms with E-state index in [9.17, 15) is 13.8 Å². The number of benzene rings is 1. The molecule has 2 amide bonds. The number of amides is 2. The second-order valence-electron chi connectivity index (χ2n) is 7.29. The largest absolute Gasteiger partial charge is 0.450 e. The summed E-state index contributed by atoms with van der Waals surface area (Å²) in [5.74, 6) is 0.759. The van der Waals surface area contributed by atoms with Crippen LogP contribution in [0.15, 0.2) is 28.7 Å². The fraction of sp³-hybridized carbons (Fsp3) is 0.476. The molecule has 3 rings (SSSR count). The van der Waals surface area contributed by atoms with Gasteiger partial charge >= 0.3 is 6.09 Å². The van der Waals surface area contributed by atoms with Crippen LogP contribution < -0.4 is 5.32 Å². The van der Waals surface area contributed by atoms with Gasteiger partial charge in [-0.05, 0) is 51.0 Å². The number of piperidine rings is 1. The quantitative estimate of drug-likeness (QED) is 0.670. The number of oxazole rings is 1. The van der Waals surface area contributed by atoms with E-state index < -0.39 is 10.8 Å². The molecule has 0 bridgehead atoms. The van der Waals surface area contributed by atoms with E-state index in [1.165, 1.54) is 0 Å². The van der Waals surface area contributed by atoms with E-state index in [1.807, 2.05) is 0 Å². The average Bonchev–Trinajstić information content (AvgIpc) is 3.09. The molecule has 1 aliphatic rings. The molecule has 168 valence electrons. The summed E-state index contributed by atoms with van der Waals surface area (Å²) in [5, 5.41) is 3.53. The molecule has 2 heterocycles. The number of nitrogens with one attached hydrogen (secondary N) is 1. The van der Waals surface area contributed by atoms with Gasteiger partial charge in [-0.2, -0.15) is 0 Å². The Morgan fingerprint density at radius 2 is 1.97 bits per heavy atom. The van der Waals surface area contributed by atoms with Crippen molar-refractivity contribution < 1.29 is 23.0 Å². The van der Waals surface area contributed by atoms with Gasteiger partial charge in [0.2, 0.25) is 11.8 Å². The normalized spacial score (nSPS) is 15.5. The fourth-order valence-corrected chi connectivity index (χ4v) is 4.49. The molecule has 2 aromatic rings. The molecule has 0 unspecified atom stereocenters. The summed E-state index contributed by atoms with van der Waals surface area (Å²) in [5.41, 5.74) is 1.34. The van der Waals surface area contributed by atoms with Crippen molar-refractivity contribution in [1.29, 1.82) is 0 Å². The second kappa shape index (κ2) is 10.8. The Balaban J connectivity index is 1.47. The van der Waals surface area contributed by atoms with Crippen LogP contribution in [-0.2, 0) is 26.1 Å². The van der Waals surface area contributed by atoms with E-state index in [1.54, 1.807) is 43.0 Å². The minimum atomic E-state index is -1.42. The summed E-state index contributed by atoms with van der Waals surface area (Å²) in [6.07, 6.45) is 0.961. The molecule has 1 aromatic carbocycles. The number of carbonyl (C=O) groups excluding carboxylic acids is 2. The number of halogens is 1. The SMILES string of the molecule is CCOC(=O)N1CCC(NC(=O)C[S@@](=O)Cc2nc(-c3ccc(Cl)cc3)oc2C)CC1. The number of aryl methyl sites for hydroxylation is 1. The minimum Gasteiger partial charge on any atom is -0.450 e. The molecule has 1 aromatic heterocycles. The third kappa shape index (κ3) is 6.54. The summed E-state index contributed by atoms with van der Waals surface area (Å²) in [4.78, 5) is 30.1. The number of hydrogen-bond donors (Lipinski definition) is 1. The molecule has 0 aliphatic carbocycles. The Hall–Kier alpha value is -2.39. The summed E-state index contributed by atoms with van der Waals surface area (Å²) in [6, 6.07) is 7.05. The van der Waals surface area contributed by atoms with Crippen molar-refractivity contribution in [3.05, 3.63) is 40.7 Å². The van der Waals surface area contributed by atoms with E-state index in [4.69, 9.17) is 20.8 Å². The van der Waals surface area contributed by atoms with Gasteiger partial charge in [0, 0.05) is 40.5 Å². The number of carbonyl (C=O) groups is 2. The highest BCUT2D eigenvalue weighted by atomic mass is 35.5. The maximum Gasteiger partial charge on any atom is 0.409 e. The highest BCUT2D eigenvalue weighted by Crippen LogP contribution is 2.24. The van der Waals surface area contributed by atoms with Gasteiger partial charge < -0.3 is 19.4 Å². The molecule has 0 radical (unpaired) electrons. The molecule has 1 aliphatic heterocycles. The van der Waals surface area contributed by atoms with Crippen molar-refractivity contribution in [3.63, 3.8) is 0 Å². The van der Waals surface area contributed by atoms with Crippen LogP contribution in [0, 0.1) is 6.92 Å². The lowest BCUT2D eigenvalue weighted by Gasteiger charge is -2.31. The lowest BCUT2D eigenvalue weighted by molar-refractivity contribution is -0.119. The van der Waals surface area contributed by atoms with Crippen molar-refractivity contribution in [2.24, 2.45) is 0 Å². The van der Waals surface area contributed by atoms with Crippen LogP contribution in [0.5, 0.6) is 0 Å². The molecule has 0 spiro atoms. The van der Waals surface area contributed by atoms with Crippen LogP contribution in [0.1, 0.15) is 31.2 Å². The molecule has 1 saturated heterocycles. The molecule has 1 N–H and O–H groups in total. The Kier molecular flexibility index (Phi) is 8.09. The van der Waals surface area contributed by atoms with Gasteiger partial charge in [-0.25, -0.2) is 9.78 Å². The Labute approximate surface area is 188 Å². The van der Waals surface area contributed by atoms with Gasteiger partial charge in [0.25, 0.3) is 0 Å². The van der Waals surface area contributed by atoms with Gasteiger partial charge in [0.1, 0.15) is 11.5 Å². The van der Waals surface area contributed by atoms with Crippen molar-refractivity contribution in [2.75, 3.05) is 25.4 Å². The summed E-state index contributed by atoms with van der Waals surface area (Å²) in [6.45, 7) is 4.92. The summed E-state index contributed by atoms with van der Waals surface area (Å²) in [7, 11) is -1.42. The monoisotopic (exact) mass is 467 g/mol. The predicted molar refractivity (Wildman–Crippen MR) is 118 cm³/mol. The zero-order chi connectivity index (χ0) is 22.4. The number of aromatic nitrogens is 1. The van der Waals surface area contributed by atoms with Crippen LogP contribution in [-0.4, -0.2) is 57.6 Å². The van der Waals surface area contributed by atoms with Crippen LogP contribution in [0.25, 0.3) is 11.5 Å².